The van der Waals surface area contributed by atoms with E-state index in [-0.39, 0.29) is 18.3 Å². The molecule has 29 heavy (non-hydrogen) atoms. The van der Waals surface area contributed by atoms with Crippen molar-refractivity contribution in [3.8, 4) is 0 Å². The molecular formula is C22H21ClFN3O2. The fourth-order valence-corrected chi connectivity index (χ4v) is 3.79. The highest BCUT2D eigenvalue weighted by molar-refractivity contribution is 6.30. The fourth-order valence-electron chi connectivity index (χ4n) is 3.67. The van der Waals surface area contributed by atoms with Crippen molar-refractivity contribution in [1.82, 2.24) is 10.3 Å². The molecule has 0 atom stereocenters. The van der Waals surface area contributed by atoms with Crippen molar-refractivity contribution in [3.63, 3.8) is 0 Å². The lowest BCUT2D eigenvalue weighted by Gasteiger charge is -2.39. The van der Waals surface area contributed by atoms with Crippen molar-refractivity contribution in [2.75, 3.05) is 24.5 Å². The normalized spacial score (nSPS) is 16.0. The van der Waals surface area contributed by atoms with Gasteiger partial charge >= 0.3 is 0 Å². The van der Waals surface area contributed by atoms with Gasteiger partial charge < -0.3 is 15.3 Å². The van der Waals surface area contributed by atoms with Gasteiger partial charge in [0.1, 0.15) is 5.82 Å². The van der Waals surface area contributed by atoms with Crippen molar-refractivity contribution in [2.24, 2.45) is 0 Å². The lowest BCUT2D eigenvalue weighted by molar-refractivity contribution is 0.0166. The van der Waals surface area contributed by atoms with Gasteiger partial charge in [-0.15, -0.1) is 0 Å². The summed E-state index contributed by atoms with van der Waals surface area (Å²) in [5.74, 6) is -0.543. The van der Waals surface area contributed by atoms with Crippen LogP contribution in [0.2, 0.25) is 5.02 Å². The number of nitrogens with one attached hydrogen (secondary N) is 1. The maximum atomic E-state index is 13.7. The number of hydrogen-bond acceptors (Lipinski definition) is 4. The number of halogens is 2. The van der Waals surface area contributed by atoms with Gasteiger partial charge in [-0.3, -0.25) is 9.78 Å². The van der Waals surface area contributed by atoms with Crippen LogP contribution < -0.4 is 10.2 Å². The third-order valence-corrected chi connectivity index (χ3v) is 5.65. The Hall–Kier alpha value is -2.70. The number of rotatable bonds is 4. The minimum absolute atomic E-state index is 0.175. The summed E-state index contributed by atoms with van der Waals surface area (Å²) in [4.78, 5) is 18.7. The largest absolute Gasteiger partial charge is 0.388 e. The van der Waals surface area contributed by atoms with E-state index in [1.54, 1.807) is 36.5 Å². The lowest BCUT2D eigenvalue weighted by atomic mass is 9.90. The number of anilines is 1. The zero-order valence-electron chi connectivity index (χ0n) is 15.7. The van der Waals surface area contributed by atoms with Crippen LogP contribution in [-0.2, 0) is 0 Å². The third-order valence-electron chi connectivity index (χ3n) is 5.40. The Bertz CT molecular complexity index is 1030. The molecule has 2 N–H and O–H groups in total. The molecule has 1 amide bonds. The molecule has 0 spiro atoms. The van der Waals surface area contributed by atoms with E-state index in [9.17, 15) is 14.3 Å². The molecule has 0 saturated carbocycles. The number of piperidine rings is 1. The van der Waals surface area contributed by atoms with Crippen LogP contribution in [0.1, 0.15) is 23.2 Å². The van der Waals surface area contributed by atoms with E-state index < -0.39 is 5.60 Å². The van der Waals surface area contributed by atoms with Crippen molar-refractivity contribution in [3.05, 3.63) is 71.1 Å². The van der Waals surface area contributed by atoms with Crippen LogP contribution in [0, 0.1) is 5.82 Å². The van der Waals surface area contributed by atoms with Gasteiger partial charge in [-0.25, -0.2) is 4.39 Å². The Morgan fingerprint density at radius 2 is 1.90 bits per heavy atom. The summed E-state index contributed by atoms with van der Waals surface area (Å²) in [6, 6.07) is 13.0. The molecule has 3 aromatic rings. The number of nitrogens with zero attached hydrogens (tertiary/aromatic N) is 2. The minimum Gasteiger partial charge on any atom is -0.388 e. The van der Waals surface area contributed by atoms with Crippen LogP contribution in [0.5, 0.6) is 0 Å². The Morgan fingerprint density at radius 1 is 1.17 bits per heavy atom. The van der Waals surface area contributed by atoms with Gasteiger partial charge in [0.25, 0.3) is 5.91 Å². The Kier molecular flexibility index (Phi) is 5.39. The molecule has 1 aromatic heterocycles. The molecule has 0 aliphatic carbocycles. The maximum absolute atomic E-state index is 13.7. The number of carbonyl (C=O) groups is 1. The predicted molar refractivity (Wildman–Crippen MR) is 112 cm³/mol. The van der Waals surface area contributed by atoms with E-state index in [1.807, 2.05) is 6.07 Å². The highest BCUT2D eigenvalue weighted by Gasteiger charge is 2.33. The quantitative estimate of drug-likeness (QED) is 0.683. The number of carbonyl (C=O) groups excluding carboxylic acids is 1. The van der Waals surface area contributed by atoms with Crippen LogP contribution in [0.25, 0.3) is 10.9 Å². The number of hydrogen-bond donors (Lipinski definition) is 2. The zero-order valence-corrected chi connectivity index (χ0v) is 16.5. The van der Waals surface area contributed by atoms with Crippen molar-refractivity contribution < 1.29 is 14.3 Å². The average Bonchev–Trinajstić information content (AvgIpc) is 2.73. The molecule has 150 valence electrons. The summed E-state index contributed by atoms with van der Waals surface area (Å²) in [5, 5.41) is 15.0. The molecule has 0 unspecified atom stereocenters. The summed E-state index contributed by atoms with van der Waals surface area (Å²) in [6.45, 7) is 1.37. The van der Waals surface area contributed by atoms with Gasteiger partial charge in [-0.05, 0) is 61.4 Å². The van der Waals surface area contributed by atoms with Gasteiger partial charge in [-0.1, -0.05) is 11.6 Å². The van der Waals surface area contributed by atoms with E-state index in [0.29, 0.717) is 36.5 Å². The van der Waals surface area contributed by atoms with Crippen molar-refractivity contribution >= 4 is 34.1 Å². The first-order valence-electron chi connectivity index (χ1n) is 9.49. The second-order valence-corrected chi connectivity index (χ2v) is 7.83. The van der Waals surface area contributed by atoms with E-state index in [1.165, 1.54) is 12.1 Å². The van der Waals surface area contributed by atoms with Crippen LogP contribution in [0.4, 0.5) is 10.1 Å². The monoisotopic (exact) mass is 413 g/mol. The minimum atomic E-state index is -0.979. The smallest absolute Gasteiger partial charge is 0.251 e. The summed E-state index contributed by atoms with van der Waals surface area (Å²) in [6.07, 6.45) is 2.70. The van der Waals surface area contributed by atoms with Crippen molar-refractivity contribution in [2.45, 2.75) is 18.4 Å². The number of aromatic nitrogens is 1. The molecular weight excluding hydrogens is 393 g/mol. The second kappa shape index (κ2) is 7.97. The molecule has 7 heteroatoms. The van der Waals surface area contributed by atoms with Gasteiger partial charge in [-0.2, -0.15) is 0 Å². The number of fused-ring (bicyclic) bond motifs is 1. The zero-order chi connectivity index (χ0) is 20.4. The maximum Gasteiger partial charge on any atom is 0.251 e. The molecule has 0 radical (unpaired) electrons. The molecule has 2 heterocycles. The van der Waals surface area contributed by atoms with Crippen LogP contribution in [-0.4, -0.2) is 41.2 Å². The first-order chi connectivity index (χ1) is 13.9. The van der Waals surface area contributed by atoms with Crippen LogP contribution in [0.3, 0.4) is 0 Å². The number of benzene rings is 2. The molecule has 0 bridgehead atoms. The first kappa shape index (κ1) is 19.6. The van der Waals surface area contributed by atoms with Gasteiger partial charge in [0.2, 0.25) is 0 Å². The summed E-state index contributed by atoms with van der Waals surface area (Å²) < 4.78 is 13.7. The molecule has 1 fully saturated rings. The van der Waals surface area contributed by atoms with E-state index in [2.05, 4.69) is 15.2 Å². The standard InChI is InChI=1S/C22H21ClFN3O2/c23-16-3-1-15(2-4-16)21(28)26-14-22(29)8-11-27(12-9-22)20-7-10-25-19-6-5-17(24)13-18(19)20/h1-7,10,13,29H,8-9,11-12,14H2,(H,26,28). The highest BCUT2D eigenvalue weighted by atomic mass is 35.5. The molecule has 1 aliphatic rings. The predicted octanol–water partition coefficient (Wildman–Crippen LogP) is 3.79. The summed E-state index contributed by atoms with van der Waals surface area (Å²) in [5.41, 5.74) is 1.16. The second-order valence-electron chi connectivity index (χ2n) is 7.39. The van der Waals surface area contributed by atoms with E-state index in [0.717, 1.165) is 16.6 Å². The molecule has 2 aromatic carbocycles. The summed E-state index contributed by atoms with van der Waals surface area (Å²) >= 11 is 5.85. The van der Waals surface area contributed by atoms with Gasteiger partial charge in [0.05, 0.1) is 11.1 Å². The molecule has 1 aliphatic heterocycles. The third kappa shape index (κ3) is 4.33. The summed E-state index contributed by atoms with van der Waals surface area (Å²) in [7, 11) is 0. The topological polar surface area (TPSA) is 65.5 Å². The number of pyridine rings is 1. The Balaban J connectivity index is 1.40. The van der Waals surface area contributed by atoms with E-state index in [4.69, 9.17) is 11.6 Å². The fraction of sp³-hybridized carbons (Fsp3) is 0.273. The lowest BCUT2D eigenvalue weighted by Crippen LogP contribution is -2.51. The molecule has 4 rings (SSSR count). The Morgan fingerprint density at radius 3 is 2.62 bits per heavy atom. The molecule has 5 nitrogen and oxygen atoms in total. The molecule has 1 saturated heterocycles. The van der Waals surface area contributed by atoms with Gasteiger partial charge in [0.15, 0.2) is 0 Å². The van der Waals surface area contributed by atoms with Crippen LogP contribution >= 0.6 is 11.6 Å². The average molecular weight is 414 g/mol. The SMILES string of the molecule is O=C(NCC1(O)CCN(c2ccnc3ccc(F)cc23)CC1)c1ccc(Cl)cc1. The number of amides is 1. The van der Waals surface area contributed by atoms with E-state index >= 15 is 0 Å². The first-order valence-corrected chi connectivity index (χ1v) is 9.87. The van der Waals surface area contributed by atoms with Crippen LogP contribution in [0.15, 0.2) is 54.7 Å². The highest BCUT2D eigenvalue weighted by Crippen LogP contribution is 2.31. The Labute approximate surface area is 173 Å². The van der Waals surface area contributed by atoms with Gasteiger partial charge in [0, 0.05) is 47.5 Å². The number of aliphatic hydroxyl groups is 1. The van der Waals surface area contributed by atoms with Crippen molar-refractivity contribution in [1.29, 1.82) is 0 Å².